The van der Waals surface area contributed by atoms with E-state index >= 15 is 0 Å². The summed E-state index contributed by atoms with van der Waals surface area (Å²) in [6.45, 7) is 2.52. The molecule has 36 heavy (non-hydrogen) atoms. The van der Waals surface area contributed by atoms with E-state index in [0.29, 0.717) is 22.6 Å². The van der Waals surface area contributed by atoms with Crippen LogP contribution in [0, 0.1) is 12.7 Å². The van der Waals surface area contributed by atoms with Crippen LogP contribution in [0.5, 0.6) is 0 Å². The van der Waals surface area contributed by atoms with Crippen LogP contribution in [0.3, 0.4) is 0 Å². The normalized spacial score (nSPS) is 10.9. The van der Waals surface area contributed by atoms with Crippen LogP contribution in [0.15, 0.2) is 79.0 Å². The molecule has 0 aliphatic rings. The lowest BCUT2D eigenvalue weighted by atomic mass is 10.1. The highest BCUT2D eigenvalue weighted by atomic mass is 19.1. The second-order valence-corrected chi connectivity index (χ2v) is 8.85. The van der Waals surface area contributed by atoms with E-state index in [9.17, 15) is 14.0 Å². The second-order valence-electron chi connectivity index (χ2n) is 8.85. The van der Waals surface area contributed by atoms with Gasteiger partial charge in [-0.3, -0.25) is 9.59 Å². The van der Waals surface area contributed by atoms with Crippen molar-refractivity contribution in [3.8, 4) is 16.9 Å². The number of halogens is 1. The fourth-order valence-corrected chi connectivity index (χ4v) is 3.80. The molecule has 4 rings (SSSR count). The van der Waals surface area contributed by atoms with Gasteiger partial charge in [0, 0.05) is 24.0 Å². The lowest BCUT2D eigenvalue weighted by Crippen LogP contribution is -2.27. The van der Waals surface area contributed by atoms with Gasteiger partial charge in [0.1, 0.15) is 11.5 Å². The summed E-state index contributed by atoms with van der Waals surface area (Å²) in [4.78, 5) is 27.1. The summed E-state index contributed by atoms with van der Waals surface area (Å²) in [5, 5.41) is 10.5. The molecule has 2 N–H and O–H groups in total. The second kappa shape index (κ2) is 11.0. The highest BCUT2D eigenvalue weighted by Crippen LogP contribution is 2.25. The van der Waals surface area contributed by atoms with E-state index in [4.69, 9.17) is 0 Å². The van der Waals surface area contributed by atoms with Gasteiger partial charge in [-0.15, -0.1) is 0 Å². The van der Waals surface area contributed by atoms with E-state index in [1.54, 1.807) is 34.0 Å². The number of benzene rings is 3. The van der Waals surface area contributed by atoms with Crippen LogP contribution in [0.2, 0.25) is 0 Å². The number of likely N-dealkylation sites (N-methyl/N-ethyl adjacent to an activating group) is 1. The van der Waals surface area contributed by atoms with Crippen molar-refractivity contribution in [1.82, 2.24) is 20.0 Å². The van der Waals surface area contributed by atoms with Crippen molar-refractivity contribution in [1.29, 1.82) is 0 Å². The Kier molecular flexibility index (Phi) is 7.56. The van der Waals surface area contributed by atoms with Crippen LogP contribution >= 0.6 is 0 Å². The van der Waals surface area contributed by atoms with Gasteiger partial charge in [0.15, 0.2) is 0 Å². The van der Waals surface area contributed by atoms with E-state index < -0.39 is 0 Å². The lowest BCUT2D eigenvalue weighted by Gasteiger charge is -2.11. The molecule has 0 saturated carbocycles. The number of aromatic nitrogens is 2. The number of carbonyl (C=O) groups is 2. The number of carbonyl (C=O) groups excluding carboxylic acids is 2. The Morgan fingerprint density at radius 2 is 1.75 bits per heavy atom. The van der Waals surface area contributed by atoms with Gasteiger partial charge in [0.05, 0.1) is 17.8 Å². The van der Waals surface area contributed by atoms with Gasteiger partial charge in [0.25, 0.3) is 5.91 Å². The van der Waals surface area contributed by atoms with Crippen LogP contribution < -0.4 is 10.6 Å². The van der Waals surface area contributed by atoms with Crippen molar-refractivity contribution in [3.63, 3.8) is 0 Å². The molecular formula is C28H28FN5O2. The molecular weight excluding hydrogens is 457 g/mol. The van der Waals surface area contributed by atoms with Crippen molar-refractivity contribution in [3.05, 3.63) is 102 Å². The number of anilines is 1. The molecule has 2 amide bonds. The zero-order valence-electron chi connectivity index (χ0n) is 20.5. The average molecular weight is 486 g/mol. The SMILES string of the molecule is Cc1cccc(-c2nn(-c3ccc(F)cc3)cc2C(=O)NCc2cccc(NC(=O)CN(C)C)c2)c1. The first-order valence-electron chi connectivity index (χ1n) is 11.5. The number of amides is 2. The smallest absolute Gasteiger partial charge is 0.255 e. The molecule has 184 valence electrons. The van der Waals surface area contributed by atoms with Gasteiger partial charge < -0.3 is 15.5 Å². The summed E-state index contributed by atoms with van der Waals surface area (Å²) < 4.78 is 15.0. The maximum atomic E-state index is 13.4. The summed E-state index contributed by atoms with van der Waals surface area (Å²) >= 11 is 0. The first-order valence-corrected chi connectivity index (χ1v) is 11.5. The van der Waals surface area contributed by atoms with Crippen molar-refractivity contribution in [2.75, 3.05) is 26.0 Å². The Bertz CT molecular complexity index is 1380. The maximum absolute atomic E-state index is 13.4. The molecule has 0 atom stereocenters. The summed E-state index contributed by atoms with van der Waals surface area (Å²) in [5.74, 6) is -0.748. The molecule has 8 heteroatoms. The number of nitrogens with zero attached hydrogens (tertiary/aromatic N) is 3. The molecule has 3 aromatic carbocycles. The van der Waals surface area contributed by atoms with Crippen LogP contribution in [0.1, 0.15) is 21.5 Å². The Balaban J connectivity index is 1.56. The Morgan fingerprint density at radius 1 is 1.00 bits per heavy atom. The topological polar surface area (TPSA) is 79.3 Å². The Labute approximate surface area is 209 Å². The predicted octanol–water partition coefficient (Wildman–Crippen LogP) is 4.42. The fraction of sp³-hybridized carbons (Fsp3) is 0.179. The van der Waals surface area contributed by atoms with Crippen LogP contribution in [0.4, 0.5) is 10.1 Å². The maximum Gasteiger partial charge on any atom is 0.255 e. The minimum absolute atomic E-state index is 0.114. The van der Waals surface area contributed by atoms with Crippen LogP contribution in [-0.4, -0.2) is 47.1 Å². The monoisotopic (exact) mass is 485 g/mol. The molecule has 1 aromatic heterocycles. The average Bonchev–Trinajstić information content (AvgIpc) is 3.28. The van der Waals surface area contributed by atoms with Gasteiger partial charge in [0.2, 0.25) is 5.91 Å². The standard InChI is InChI=1S/C28H28FN5O2/c1-19-6-4-8-21(14-19)27-25(17-34(32-27)24-12-10-22(29)11-13-24)28(36)30-16-20-7-5-9-23(15-20)31-26(35)18-33(2)3/h4-15,17H,16,18H2,1-3H3,(H,30,36)(H,31,35). The van der Waals surface area contributed by atoms with E-state index in [2.05, 4.69) is 15.7 Å². The van der Waals surface area contributed by atoms with E-state index in [1.165, 1.54) is 12.1 Å². The molecule has 4 aromatic rings. The molecule has 0 unspecified atom stereocenters. The van der Waals surface area contributed by atoms with Crippen molar-refractivity contribution < 1.29 is 14.0 Å². The zero-order chi connectivity index (χ0) is 25.7. The molecule has 7 nitrogen and oxygen atoms in total. The minimum atomic E-state index is -0.345. The predicted molar refractivity (Wildman–Crippen MR) is 138 cm³/mol. The molecule has 0 spiro atoms. The Hall–Kier alpha value is -4.30. The fourth-order valence-electron chi connectivity index (χ4n) is 3.80. The molecule has 1 heterocycles. The summed E-state index contributed by atoms with van der Waals surface area (Å²) in [6.07, 6.45) is 1.65. The zero-order valence-corrected chi connectivity index (χ0v) is 20.5. The highest BCUT2D eigenvalue weighted by Gasteiger charge is 2.19. The third kappa shape index (κ3) is 6.22. The molecule has 0 aliphatic carbocycles. The van der Waals surface area contributed by atoms with Gasteiger partial charge >= 0.3 is 0 Å². The van der Waals surface area contributed by atoms with Crippen molar-refractivity contribution in [2.45, 2.75) is 13.5 Å². The van der Waals surface area contributed by atoms with Gasteiger partial charge in [-0.05, 0) is 69.0 Å². The van der Waals surface area contributed by atoms with E-state index in [0.717, 1.165) is 16.7 Å². The van der Waals surface area contributed by atoms with Crippen LogP contribution in [0.25, 0.3) is 16.9 Å². The number of aryl methyl sites for hydroxylation is 1. The van der Waals surface area contributed by atoms with Gasteiger partial charge in [-0.25, -0.2) is 9.07 Å². The number of rotatable bonds is 8. The van der Waals surface area contributed by atoms with Crippen molar-refractivity contribution >= 4 is 17.5 Å². The minimum Gasteiger partial charge on any atom is -0.348 e. The molecule has 0 saturated heterocycles. The van der Waals surface area contributed by atoms with Crippen LogP contribution in [-0.2, 0) is 11.3 Å². The van der Waals surface area contributed by atoms with Crippen molar-refractivity contribution in [2.24, 2.45) is 0 Å². The summed E-state index contributed by atoms with van der Waals surface area (Å²) in [5.41, 5.74) is 4.94. The van der Waals surface area contributed by atoms with Gasteiger partial charge in [-0.2, -0.15) is 5.10 Å². The van der Waals surface area contributed by atoms with E-state index in [-0.39, 0.29) is 30.7 Å². The first-order chi connectivity index (χ1) is 17.3. The molecule has 0 aliphatic heterocycles. The quantitative estimate of drug-likeness (QED) is 0.387. The molecule has 0 fully saturated rings. The largest absolute Gasteiger partial charge is 0.348 e. The highest BCUT2D eigenvalue weighted by molar-refractivity contribution is 6.00. The summed E-state index contributed by atoms with van der Waals surface area (Å²) in [7, 11) is 3.66. The summed E-state index contributed by atoms with van der Waals surface area (Å²) in [6, 6.07) is 21.0. The van der Waals surface area contributed by atoms with E-state index in [1.807, 2.05) is 63.5 Å². The Morgan fingerprint density at radius 3 is 2.47 bits per heavy atom. The third-order valence-electron chi connectivity index (χ3n) is 5.47. The lowest BCUT2D eigenvalue weighted by molar-refractivity contribution is -0.116. The molecule has 0 radical (unpaired) electrons. The molecule has 0 bridgehead atoms. The number of hydrogen-bond acceptors (Lipinski definition) is 4. The van der Waals surface area contributed by atoms with Gasteiger partial charge in [-0.1, -0.05) is 35.9 Å². The third-order valence-corrected chi connectivity index (χ3v) is 5.47. The number of nitrogens with one attached hydrogen (secondary N) is 2. The number of hydrogen-bond donors (Lipinski definition) is 2. The first kappa shape index (κ1) is 24.8.